The van der Waals surface area contributed by atoms with Crippen LogP contribution in [0.15, 0.2) is 122 Å². The molecule has 0 saturated heterocycles. The fraction of sp³-hybridized carbons (Fsp3) is 0.623. The second kappa shape index (κ2) is 50.1. The molecule has 0 amide bonds. The van der Waals surface area contributed by atoms with E-state index in [4.69, 9.17) is 14.2 Å². The van der Waals surface area contributed by atoms with Crippen molar-refractivity contribution in [3.8, 4) is 0 Å². The summed E-state index contributed by atoms with van der Waals surface area (Å²) in [5.74, 6) is -1.52. The maximum absolute atomic E-state index is 12.8. The third-order valence-electron chi connectivity index (χ3n) is 11.4. The highest BCUT2D eigenvalue weighted by molar-refractivity contribution is 5.72. The Bertz CT molecular complexity index is 1540. The maximum Gasteiger partial charge on any atom is 0.362 e. The summed E-state index contributed by atoms with van der Waals surface area (Å²) in [6.07, 6.45) is 71.1. The van der Waals surface area contributed by atoms with Gasteiger partial charge in [-0.3, -0.25) is 9.59 Å². The molecule has 0 aliphatic carbocycles. The van der Waals surface area contributed by atoms with Crippen molar-refractivity contribution in [2.45, 2.75) is 206 Å². The van der Waals surface area contributed by atoms with Gasteiger partial charge >= 0.3 is 17.9 Å². The summed E-state index contributed by atoms with van der Waals surface area (Å²) in [7, 11) is 5.52. The van der Waals surface area contributed by atoms with E-state index in [1.54, 1.807) is 0 Å². The van der Waals surface area contributed by atoms with E-state index in [9.17, 15) is 19.5 Å². The number of likely N-dealkylation sites (N-methyl/N-ethyl adjacent to an activating group) is 1. The first kappa shape index (κ1) is 64.7. The molecular weight excluding hydrogens is 859 g/mol. The summed E-state index contributed by atoms with van der Waals surface area (Å²) >= 11 is 0. The highest BCUT2D eigenvalue weighted by Gasteiger charge is 2.31. The minimum absolute atomic E-state index is 0.0406. The number of ether oxygens (including phenoxy) is 3. The zero-order chi connectivity index (χ0) is 50.6. The lowest BCUT2D eigenvalue weighted by Gasteiger charge is -2.31. The maximum atomic E-state index is 12.8. The number of carbonyl (C=O) groups excluding carboxylic acids is 2. The second-order valence-corrected chi connectivity index (χ2v) is 18.7. The van der Waals surface area contributed by atoms with Crippen LogP contribution in [0.1, 0.15) is 194 Å². The van der Waals surface area contributed by atoms with Gasteiger partial charge in [0.15, 0.2) is 12.1 Å². The number of hydrogen-bond donors (Lipinski definition) is 1. The van der Waals surface area contributed by atoms with Gasteiger partial charge in [-0.25, -0.2) is 4.79 Å². The topological polar surface area (TPSA) is 99.1 Å². The quantitative estimate of drug-likeness (QED) is 0.0281. The Labute approximate surface area is 422 Å². The molecule has 0 aromatic rings. The van der Waals surface area contributed by atoms with Gasteiger partial charge in [0.1, 0.15) is 6.61 Å². The first-order chi connectivity index (χ1) is 33.6. The highest BCUT2D eigenvalue weighted by Crippen LogP contribution is 2.14. The van der Waals surface area contributed by atoms with E-state index in [1.807, 2.05) is 21.1 Å². The van der Waals surface area contributed by atoms with Gasteiger partial charge in [0.05, 0.1) is 34.4 Å². The lowest BCUT2D eigenvalue weighted by Crippen LogP contribution is -2.50. The SMILES string of the molecule is CC/C=C/C/C=C/C/C=C/C/C=C/C/C=C/C/C=C/CCCCCCC(=O)OC(COCCC(C(=O)O)[N+](C)(C)C)COC(=O)CCCCCCCCCCC/C=C/C/C=C/C/C=C/C/C=C/CC. The van der Waals surface area contributed by atoms with Crippen molar-refractivity contribution in [2.24, 2.45) is 0 Å². The standard InChI is InChI=1S/C61H99NO7/c1-6-8-10-12-14-16-18-20-22-24-26-28-30-32-34-36-38-40-42-44-46-48-50-52-60(64)69-57(55-67-54-53-58(61(65)66)62(3,4)5)56-68-59(63)51-49-47-45-43-41-39-37-35-33-31-29-27-25-23-21-19-17-15-13-11-9-7-2/h8-11,14-17,20-23,26-29,32,34,38,40,57-58H,6-7,12-13,18-19,24-25,30-31,33,35-37,39,41-56H2,1-5H3/p+1/b10-8+,11-9+,16-14+,17-15+,22-20+,23-21+,28-26+,29-27+,34-32+,40-38+. The van der Waals surface area contributed by atoms with Gasteiger partial charge < -0.3 is 23.8 Å². The van der Waals surface area contributed by atoms with E-state index < -0.39 is 18.1 Å². The molecule has 0 rings (SSSR count). The third kappa shape index (κ3) is 48.5. The fourth-order valence-electron chi connectivity index (χ4n) is 7.26. The number of esters is 2. The number of carboxylic acids is 1. The minimum Gasteiger partial charge on any atom is -0.477 e. The normalized spacial score (nSPS) is 13.8. The van der Waals surface area contributed by atoms with Crippen molar-refractivity contribution in [2.75, 3.05) is 41.0 Å². The zero-order valence-electron chi connectivity index (χ0n) is 44.5. The lowest BCUT2D eigenvalue weighted by atomic mass is 10.1. The van der Waals surface area contributed by atoms with E-state index >= 15 is 0 Å². The van der Waals surface area contributed by atoms with E-state index in [-0.39, 0.29) is 36.2 Å². The van der Waals surface area contributed by atoms with Gasteiger partial charge in [-0.1, -0.05) is 193 Å². The van der Waals surface area contributed by atoms with E-state index in [2.05, 4.69) is 135 Å². The number of carboxylic acid groups (broad SMARTS) is 1. The van der Waals surface area contributed by atoms with Crippen LogP contribution in [0.2, 0.25) is 0 Å². The number of unbranched alkanes of at least 4 members (excludes halogenated alkanes) is 13. The van der Waals surface area contributed by atoms with Crippen LogP contribution < -0.4 is 0 Å². The van der Waals surface area contributed by atoms with Crippen LogP contribution in [-0.4, -0.2) is 80.6 Å². The average Bonchev–Trinajstić information content (AvgIpc) is 3.31. The van der Waals surface area contributed by atoms with Gasteiger partial charge in [0.2, 0.25) is 0 Å². The van der Waals surface area contributed by atoms with E-state index in [0.29, 0.717) is 19.3 Å². The van der Waals surface area contributed by atoms with Crippen molar-refractivity contribution in [1.82, 2.24) is 0 Å². The monoisotopic (exact) mass is 959 g/mol. The Morgan fingerprint density at radius 2 is 0.768 bits per heavy atom. The molecule has 0 radical (unpaired) electrons. The van der Waals surface area contributed by atoms with Crippen molar-refractivity contribution in [3.05, 3.63) is 122 Å². The van der Waals surface area contributed by atoms with Crippen LogP contribution in [0.5, 0.6) is 0 Å². The van der Waals surface area contributed by atoms with Crippen molar-refractivity contribution >= 4 is 17.9 Å². The lowest BCUT2D eigenvalue weighted by molar-refractivity contribution is -0.887. The van der Waals surface area contributed by atoms with E-state index in [0.717, 1.165) is 122 Å². The van der Waals surface area contributed by atoms with Gasteiger partial charge in [-0.2, -0.15) is 0 Å². The molecule has 390 valence electrons. The number of allylic oxidation sites excluding steroid dienone is 20. The molecule has 0 bridgehead atoms. The van der Waals surface area contributed by atoms with Crippen molar-refractivity contribution < 1.29 is 38.2 Å². The number of carbonyl (C=O) groups is 3. The Kier molecular flexibility index (Phi) is 47.0. The van der Waals surface area contributed by atoms with Gasteiger partial charge in [-0.05, 0) is 103 Å². The summed E-state index contributed by atoms with van der Waals surface area (Å²) in [5.41, 5.74) is 0. The first-order valence-electron chi connectivity index (χ1n) is 27.1. The minimum atomic E-state index is -0.885. The predicted molar refractivity (Wildman–Crippen MR) is 293 cm³/mol. The Morgan fingerprint density at radius 3 is 1.13 bits per heavy atom. The number of nitrogens with zero attached hydrogens (tertiary/aromatic N) is 1. The third-order valence-corrected chi connectivity index (χ3v) is 11.4. The van der Waals surface area contributed by atoms with E-state index in [1.165, 1.54) is 38.5 Å². The van der Waals surface area contributed by atoms with Crippen molar-refractivity contribution in [1.29, 1.82) is 0 Å². The fourth-order valence-corrected chi connectivity index (χ4v) is 7.26. The Hall–Kier alpha value is -4.27. The zero-order valence-corrected chi connectivity index (χ0v) is 44.5. The summed E-state index contributed by atoms with van der Waals surface area (Å²) in [6, 6.07) is -0.629. The molecule has 1 N–H and O–H groups in total. The number of hydrogen-bond acceptors (Lipinski definition) is 6. The van der Waals surface area contributed by atoms with Gasteiger partial charge in [-0.15, -0.1) is 0 Å². The molecular formula is C61H100NO7+. The van der Waals surface area contributed by atoms with Gasteiger partial charge in [0, 0.05) is 19.3 Å². The predicted octanol–water partition coefficient (Wildman–Crippen LogP) is 16.1. The largest absolute Gasteiger partial charge is 0.477 e. The molecule has 0 heterocycles. The molecule has 0 aromatic carbocycles. The molecule has 0 aromatic heterocycles. The van der Waals surface area contributed by atoms with Crippen LogP contribution in [-0.2, 0) is 28.6 Å². The molecule has 2 unspecified atom stereocenters. The molecule has 8 heteroatoms. The molecule has 0 aliphatic rings. The number of aliphatic carboxylic acids is 1. The van der Waals surface area contributed by atoms with Crippen LogP contribution in [0.25, 0.3) is 0 Å². The Morgan fingerprint density at radius 1 is 0.435 bits per heavy atom. The molecule has 8 nitrogen and oxygen atoms in total. The highest BCUT2D eigenvalue weighted by atomic mass is 16.6. The summed E-state index contributed by atoms with van der Waals surface area (Å²) < 4.78 is 17.3. The van der Waals surface area contributed by atoms with Crippen LogP contribution in [0, 0.1) is 0 Å². The number of quaternary nitrogens is 1. The number of rotatable bonds is 47. The van der Waals surface area contributed by atoms with Crippen LogP contribution in [0.3, 0.4) is 0 Å². The summed E-state index contributed by atoms with van der Waals surface area (Å²) in [4.78, 5) is 37.3. The molecule has 2 atom stereocenters. The van der Waals surface area contributed by atoms with Crippen molar-refractivity contribution in [3.63, 3.8) is 0 Å². The average molecular weight is 959 g/mol. The van der Waals surface area contributed by atoms with Crippen LogP contribution >= 0.6 is 0 Å². The molecule has 0 fully saturated rings. The van der Waals surface area contributed by atoms with Gasteiger partial charge in [0.25, 0.3) is 0 Å². The second-order valence-electron chi connectivity index (χ2n) is 18.7. The first-order valence-corrected chi connectivity index (χ1v) is 27.1. The van der Waals surface area contributed by atoms with Crippen LogP contribution in [0.4, 0.5) is 0 Å². The smallest absolute Gasteiger partial charge is 0.362 e. The summed E-state index contributed by atoms with van der Waals surface area (Å²) in [5, 5.41) is 9.67. The molecule has 0 aliphatic heterocycles. The molecule has 0 spiro atoms. The molecule has 69 heavy (non-hydrogen) atoms. The summed E-state index contributed by atoms with van der Waals surface area (Å²) in [6.45, 7) is 4.47. The Balaban J connectivity index is 4.31. The molecule has 0 saturated carbocycles.